The number of benzene rings is 2. The zero-order chi connectivity index (χ0) is 19.1. The van der Waals surface area contributed by atoms with Crippen molar-refractivity contribution in [3.63, 3.8) is 0 Å². The molecular weight excluding hydrogens is 386 g/mol. The van der Waals surface area contributed by atoms with Gasteiger partial charge in [0.05, 0.1) is 11.4 Å². The monoisotopic (exact) mass is 401 g/mol. The molecule has 7 nitrogen and oxygen atoms in total. The van der Waals surface area contributed by atoms with E-state index >= 15 is 0 Å². The highest BCUT2D eigenvalue weighted by molar-refractivity contribution is 7.99. The number of carbonyl (C=O) groups is 2. The zero-order valence-corrected chi connectivity index (χ0v) is 15.7. The lowest BCUT2D eigenvalue weighted by molar-refractivity contribution is -0.136. The lowest BCUT2D eigenvalue weighted by Gasteiger charge is -2.11. The fourth-order valence-electron chi connectivity index (χ4n) is 2.25. The number of thioether (sulfide) groups is 1. The molecule has 0 bridgehead atoms. The predicted molar refractivity (Wildman–Crippen MR) is 105 cm³/mol. The van der Waals surface area contributed by atoms with Gasteiger partial charge in [0.1, 0.15) is 12.7 Å². The molecule has 3 rings (SSSR count). The van der Waals surface area contributed by atoms with Gasteiger partial charge in [0.15, 0.2) is 0 Å². The van der Waals surface area contributed by atoms with Crippen LogP contribution in [0.5, 0.6) is 0 Å². The summed E-state index contributed by atoms with van der Waals surface area (Å²) < 4.78 is 1.47. The number of aromatic nitrogens is 3. The van der Waals surface area contributed by atoms with Gasteiger partial charge in [0, 0.05) is 22.2 Å². The molecule has 27 heavy (non-hydrogen) atoms. The number of halogens is 1. The summed E-state index contributed by atoms with van der Waals surface area (Å²) >= 11 is 7.60. The summed E-state index contributed by atoms with van der Waals surface area (Å²) in [6.45, 7) is 0.372. The molecule has 0 saturated carbocycles. The van der Waals surface area contributed by atoms with Gasteiger partial charge in [-0.3, -0.25) is 9.59 Å². The lowest BCUT2D eigenvalue weighted by atomic mass is 10.2. The first-order valence-corrected chi connectivity index (χ1v) is 9.41. The van der Waals surface area contributed by atoms with Crippen molar-refractivity contribution in [2.75, 3.05) is 17.6 Å². The molecule has 0 radical (unpaired) electrons. The van der Waals surface area contributed by atoms with Gasteiger partial charge in [-0.05, 0) is 30.3 Å². The van der Waals surface area contributed by atoms with E-state index in [9.17, 15) is 9.59 Å². The molecule has 1 aromatic heterocycles. The van der Waals surface area contributed by atoms with E-state index in [-0.39, 0.29) is 0 Å². The third-order valence-electron chi connectivity index (χ3n) is 3.48. The van der Waals surface area contributed by atoms with E-state index in [4.69, 9.17) is 11.6 Å². The first-order chi connectivity index (χ1) is 13.1. The molecule has 138 valence electrons. The van der Waals surface area contributed by atoms with Gasteiger partial charge in [-0.2, -0.15) is 5.10 Å². The van der Waals surface area contributed by atoms with Crippen molar-refractivity contribution in [2.24, 2.45) is 0 Å². The molecule has 0 saturated heterocycles. The Morgan fingerprint density at radius 1 is 1.11 bits per heavy atom. The molecule has 1 heterocycles. The highest BCUT2D eigenvalue weighted by Gasteiger charge is 2.16. The fourth-order valence-corrected chi connectivity index (χ4v) is 3.21. The zero-order valence-electron chi connectivity index (χ0n) is 14.1. The number of hydrogen-bond acceptors (Lipinski definition) is 5. The molecule has 2 aromatic carbocycles. The average molecular weight is 402 g/mol. The summed E-state index contributed by atoms with van der Waals surface area (Å²) in [6.07, 6.45) is 2.86. The Balaban J connectivity index is 1.55. The maximum Gasteiger partial charge on any atom is 0.313 e. The topological polar surface area (TPSA) is 88.9 Å². The van der Waals surface area contributed by atoms with Crippen molar-refractivity contribution < 1.29 is 9.59 Å². The Morgan fingerprint density at radius 2 is 1.93 bits per heavy atom. The van der Waals surface area contributed by atoms with Crippen LogP contribution in [-0.4, -0.2) is 38.9 Å². The highest BCUT2D eigenvalue weighted by Crippen LogP contribution is 2.23. The Kier molecular flexibility index (Phi) is 6.45. The molecule has 2 N–H and O–H groups in total. The second-order valence-corrected chi connectivity index (χ2v) is 6.98. The maximum absolute atomic E-state index is 12.2. The van der Waals surface area contributed by atoms with Gasteiger partial charge in [0.2, 0.25) is 0 Å². The maximum atomic E-state index is 12.2. The summed E-state index contributed by atoms with van der Waals surface area (Å²) in [4.78, 5) is 29.2. The minimum absolute atomic E-state index is 0.367. The molecule has 0 unspecified atom stereocenters. The number of nitrogens with zero attached hydrogens (tertiary/aromatic N) is 3. The van der Waals surface area contributed by atoms with Crippen LogP contribution in [0.3, 0.4) is 0 Å². The number of nitrogens with one attached hydrogen (secondary N) is 2. The van der Waals surface area contributed by atoms with Crippen molar-refractivity contribution in [1.82, 2.24) is 20.1 Å². The number of rotatable bonds is 6. The van der Waals surface area contributed by atoms with Crippen LogP contribution >= 0.6 is 23.4 Å². The Bertz CT molecular complexity index is 919. The van der Waals surface area contributed by atoms with Crippen molar-refractivity contribution in [2.45, 2.75) is 4.90 Å². The van der Waals surface area contributed by atoms with Crippen molar-refractivity contribution >= 4 is 40.9 Å². The third kappa shape index (κ3) is 5.32. The average Bonchev–Trinajstić information content (AvgIpc) is 3.20. The van der Waals surface area contributed by atoms with E-state index in [1.165, 1.54) is 17.3 Å². The van der Waals surface area contributed by atoms with Crippen LogP contribution in [0.25, 0.3) is 5.69 Å². The Hall–Kier alpha value is -2.84. The Morgan fingerprint density at radius 3 is 2.67 bits per heavy atom. The van der Waals surface area contributed by atoms with Gasteiger partial charge >= 0.3 is 11.8 Å². The van der Waals surface area contributed by atoms with E-state index < -0.39 is 11.8 Å². The van der Waals surface area contributed by atoms with E-state index in [2.05, 4.69) is 20.7 Å². The van der Waals surface area contributed by atoms with E-state index in [0.717, 1.165) is 4.90 Å². The molecule has 2 amide bonds. The van der Waals surface area contributed by atoms with E-state index in [1.807, 2.05) is 30.3 Å². The lowest BCUT2D eigenvalue weighted by Crippen LogP contribution is -2.36. The van der Waals surface area contributed by atoms with Gasteiger partial charge < -0.3 is 10.6 Å². The summed E-state index contributed by atoms with van der Waals surface area (Å²) in [5, 5.41) is 9.62. The van der Waals surface area contributed by atoms with Crippen molar-refractivity contribution in [3.05, 3.63) is 66.2 Å². The minimum Gasteiger partial charge on any atom is -0.347 e. The minimum atomic E-state index is -0.775. The second-order valence-electron chi connectivity index (χ2n) is 5.37. The van der Waals surface area contributed by atoms with Gasteiger partial charge in [0.25, 0.3) is 0 Å². The molecule has 0 aliphatic rings. The summed E-state index contributed by atoms with van der Waals surface area (Å²) in [5.74, 6) is -0.832. The number of hydrogen-bond donors (Lipinski definition) is 2. The van der Waals surface area contributed by atoms with Crippen LogP contribution in [0.1, 0.15) is 0 Å². The van der Waals surface area contributed by atoms with Crippen LogP contribution in [0.4, 0.5) is 5.69 Å². The normalized spacial score (nSPS) is 10.4. The molecule has 0 atom stereocenters. The standard InChI is InChI=1S/C18H16ClN5O2S/c19-13-6-7-16(24-12-20-11-22-24)15(10-13)23-18(26)17(25)21-8-9-27-14-4-2-1-3-5-14/h1-7,10-12H,8-9H2,(H,21,25)(H,23,26). The van der Waals surface area contributed by atoms with E-state index in [0.29, 0.717) is 28.7 Å². The molecule has 0 aliphatic carbocycles. The van der Waals surface area contributed by atoms with Gasteiger partial charge in [-0.1, -0.05) is 29.8 Å². The van der Waals surface area contributed by atoms with E-state index in [1.54, 1.807) is 30.0 Å². The summed E-state index contributed by atoms with van der Waals surface area (Å²) in [6, 6.07) is 14.7. The smallest absolute Gasteiger partial charge is 0.313 e. The first-order valence-electron chi connectivity index (χ1n) is 8.05. The molecule has 0 fully saturated rings. The highest BCUT2D eigenvalue weighted by atomic mass is 35.5. The van der Waals surface area contributed by atoms with Crippen molar-refractivity contribution in [3.8, 4) is 5.69 Å². The largest absolute Gasteiger partial charge is 0.347 e. The number of carbonyl (C=O) groups excluding carboxylic acids is 2. The molecule has 3 aromatic rings. The van der Waals surface area contributed by atoms with Crippen LogP contribution in [0.2, 0.25) is 5.02 Å². The van der Waals surface area contributed by atoms with Crippen LogP contribution in [0.15, 0.2) is 66.1 Å². The van der Waals surface area contributed by atoms with Crippen LogP contribution < -0.4 is 10.6 Å². The van der Waals surface area contributed by atoms with Gasteiger partial charge in [-0.25, -0.2) is 9.67 Å². The fraction of sp³-hybridized carbons (Fsp3) is 0.111. The van der Waals surface area contributed by atoms with Crippen LogP contribution in [0, 0.1) is 0 Å². The van der Waals surface area contributed by atoms with Crippen LogP contribution in [-0.2, 0) is 9.59 Å². The predicted octanol–water partition coefficient (Wildman–Crippen LogP) is 2.77. The molecule has 0 spiro atoms. The summed E-state index contributed by atoms with van der Waals surface area (Å²) in [5.41, 5.74) is 0.921. The SMILES string of the molecule is O=C(NCCSc1ccccc1)C(=O)Nc1cc(Cl)ccc1-n1cncn1. The number of amides is 2. The summed E-state index contributed by atoms with van der Waals surface area (Å²) in [7, 11) is 0. The van der Waals surface area contributed by atoms with Gasteiger partial charge in [-0.15, -0.1) is 11.8 Å². The Labute approximate surface area is 165 Å². The third-order valence-corrected chi connectivity index (χ3v) is 4.73. The molecule has 9 heteroatoms. The molecule has 0 aliphatic heterocycles. The molecular formula is C18H16ClN5O2S. The van der Waals surface area contributed by atoms with Crippen molar-refractivity contribution in [1.29, 1.82) is 0 Å². The second kappa shape index (κ2) is 9.20. The number of anilines is 1. The quantitative estimate of drug-likeness (QED) is 0.376. The first kappa shape index (κ1) is 18.9.